The van der Waals surface area contributed by atoms with Crippen molar-refractivity contribution in [2.75, 3.05) is 53.0 Å². The van der Waals surface area contributed by atoms with Crippen LogP contribution < -0.4 is 10.6 Å². The maximum Gasteiger partial charge on any atom is 0.191 e. The second-order valence-corrected chi connectivity index (χ2v) is 7.01. The van der Waals surface area contributed by atoms with Gasteiger partial charge in [-0.2, -0.15) is 0 Å². The number of aliphatic hydroxyl groups excluding tert-OH is 1. The third kappa shape index (κ3) is 5.62. The van der Waals surface area contributed by atoms with Crippen molar-refractivity contribution in [1.29, 1.82) is 0 Å². The Labute approximate surface area is 140 Å². The summed E-state index contributed by atoms with van der Waals surface area (Å²) in [4.78, 5) is 6.87. The molecular weight excluding hydrogens is 292 g/mol. The predicted octanol–water partition coefficient (Wildman–Crippen LogP) is 0.815. The SMILES string of the molecule is CN=C(NCCN1CCCCC1C)NCC1(CCO)CCOC1. The number of hydrogen-bond acceptors (Lipinski definition) is 4. The van der Waals surface area contributed by atoms with Crippen LogP contribution in [0.25, 0.3) is 0 Å². The van der Waals surface area contributed by atoms with Crippen molar-refractivity contribution in [1.82, 2.24) is 15.5 Å². The fraction of sp³-hybridized carbons (Fsp3) is 0.941. The molecule has 0 spiro atoms. The van der Waals surface area contributed by atoms with E-state index in [0.29, 0.717) is 6.04 Å². The maximum atomic E-state index is 9.29. The number of hydrogen-bond donors (Lipinski definition) is 3. The third-order valence-corrected chi connectivity index (χ3v) is 5.31. The Morgan fingerprint density at radius 2 is 2.26 bits per heavy atom. The molecule has 23 heavy (non-hydrogen) atoms. The molecule has 0 aromatic rings. The minimum absolute atomic E-state index is 0.0494. The van der Waals surface area contributed by atoms with Gasteiger partial charge in [0, 0.05) is 51.4 Å². The molecule has 0 aromatic heterocycles. The van der Waals surface area contributed by atoms with E-state index in [2.05, 4.69) is 27.4 Å². The second kappa shape index (κ2) is 9.45. The van der Waals surface area contributed by atoms with Crippen molar-refractivity contribution in [2.45, 2.75) is 45.1 Å². The summed E-state index contributed by atoms with van der Waals surface area (Å²) < 4.78 is 5.53. The molecule has 0 aromatic carbocycles. The van der Waals surface area contributed by atoms with Crippen LogP contribution >= 0.6 is 0 Å². The molecule has 3 N–H and O–H groups in total. The topological polar surface area (TPSA) is 69.1 Å². The number of likely N-dealkylation sites (tertiary alicyclic amines) is 1. The van der Waals surface area contributed by atoms with Gasteiger partial charge in [-0.1, -0.05) is 6.42 Å². The van der Waals surface area contributed by atoms with E-state index in [-0.39, 0.29) is 12.0 Å². The van der Waals surface area contributed by atoms with Crippen LogP contribution in [0, 0.1) is 5.41 Å². The van der Waals surface area contributed by atoms with Crippen molar-refractivity contribution in [3.8, 4) is 0 Å². The minimum atomic E-state index is 0.0494. The summed E-state index contributed by atoms with van der Waals surface area (Å²) in [5.41, 5.74) is 0.0494. The molecule has 2 heterocycles. The molecule has 0 saturated carbocycles. The molecule has 2 unspecified atom stereocenters. The number of piperidine rings is 1. The molecule has 0 radical (unpaired) electrons. The lowest BCUT2D eigenvalue weighted by molar-refractivity contribution is 0.127. The van der Waals surface area contributed by atoms with Crippen LogP contribution in [0.3, 0.4) is 0 Å². The number of nitrogens with one attached hydrogen (secondary N) is 2. The van der Waals surface area contributed by atoms with Crippen LogP contribution in [-0.2, 0) is 4.74 Å². The van der Waals surface area contributed by atoms with Crippen molar-refractivity contribution >= 4 is 5.96 Å². The highest BCUT2D eigenvalue weighted by Gasteiger charge is 2.34. The Kier molecular flexibility index (Phi) is 7.59. The first kappa shape index (κ1) is 18.5. The molecule has 2 atom stereocenters. The zero-order valence-corrected chi connectivity index (χ0v) is 14.8. The predicted molar refractivity (Wildman–Crippen MR) is 93.8 cm³/mol. The van der Waals surface area contributed by atoms with Gasteiger partial charge in [-0.25, -0.2) is 0 Å². The molecule has 2 fully saturated rings. The van der Waals surface area contributed by atoms with Gasteiger partial charge in [-0.05, 0) is 39.2 Å². The van der Waals surface area contributed by atoms with Crippen molar-refractivity contribution in [3.05, 3.63) is 0 Å². The van der Waals surface area contributed by atoms with E-state index in [1.54, 1.807) is 0 Å². The summed E-state index contributed by atoms with van der Waals surface area (Å²) in [6, 6.07) is 0.698. The maximum absolute atomic E-state index is 9.29. The molecule has 134 valence electrons. The van der Waals surface area contributed by atoms with Gasteiger partial charge in [-0.15, -0.1) is 0 Å². The van der Waals surface area contributed by atoms with Gasteiger partial charge < -0.3 is 20.5 Å². The lowest BCUT2D eigenvalue weighted by Crippen LogP contribution is -2.47. The fourth-order valence-electron chi connectivity index (χ4n) is 3.61. The number of ether oxygens (including phenoxy) is 1. The first-order chi connectivity index (χ1) is 11.2. The Balaban J connectivity index is 1.70. The second-order valence-electron chi connectivity index (χ2n) is 7.01. The number of aliphatic hydroxyl groups is 1. The molecule has 2 aliphatic heterocycles. The molecule has 0 bridgehead atoms. The Bertz CT molecular complexity index is 370. The number of rotatable bonds is 7. The van der Waals surface area contributed by atoms with Crippen molar-refractivity contribution < 1.29 is 9.84 Å². The van der Waals surface area contributed by atoms with Gasteiger partial charge in [0.15, 0.2) is 5.96 Å². The van der Waals surface area contributed by atoms with Crippen LogP contribution in [0.1, 0.15) is 39.0 Å². The summed E-state index contributed by atoms with van der Waals surface area (Å²) in [5, 5.41) is 16.1. The highest BCUT2D eigenvalue weighted by atomic mass is 16.5. The quantitative estimate of drug-likeness (QED) is 0.477. The molecule has 6 nitrogen and oxygen atoms in total. The highest BCUT2D eigenvalue weighted by molar-refractivity contribution is 5.79. The lowest BCUT2D eigenvalue weighted by atomic mass is 9.84. The Morgan fingerprint density at radius 3 is 2.91 bits per heavy atom. The van der Waals surface area contributed by atoms with Crippen LogP contribution in [0.5, 0.6) is 0 Å². The fourth-order valence-corrected chi connectivity index (χ4v) is 3.61. The summed E-state index contributed by atoms with van der Waals surface area (Å²) in [6.45, 7) is 8.04. The normalized spacial score (nSPS) is 29.7. The van der Waals surface area contributed by atoms with E-state index < -0.39 is 0 Å². The highest BCUT2D eigenvalue weighted by Crippen LogP contribution is 2.31. The van der Waals surface area contributed by atoms with E-state index in [0.717, 1.165) is 51.6 Å². The average molecular weight is 326 g/mol. The van der Waals surface area contributed by atoms with E-state index in [9.17, 15) is 5.11 Å². The zero-order valence-electron chi connectivity index (χ0n) is 14.8. The van der Waals surface area contributed by atoms with Crippen molar-refractivity contribution in [3.63, 3.8) is 0 Å². The largest absolute Gasteiger partial charge is 0.396 e. The summed E-state index contributed by atoms with van der Waals surface area (Å²) >= 11 is 0. The Morgan fingerprint density at radius 1 is 1.39 bits per heavy atom. The van der Waals surface area contributed by atoms with Gasteiger partial charge in [0.25, 0.3) is 0 Å². The first-order valence-electron chi connectivity index (χ1n) is 9.06. The number of guanidine groups is 1. The van der Waals surface area contributed by atoms with Crippen LogP contribution in [0.2, 0.25) is 0 Å². The molecular formula is C17H34N4O2. The Hall–Kier alpha value is -0.850. The third-order valence-electron chi connectivity index (χ3n) is 5.31. The standard InChI is InChI=1S/C17H34N4O2/c1-15-5-3-4-9-21(15)10-8-19-16(18-2)20-13-17(6-11-22)7-12-23-14-17/h15,22H,3-14H2,1-2H3,(H2,18,19,20). The van der Waals surface area contributed by atoms with Gasteiger partial charge in [0.05, 0.1) is 6.61 Å². The van der Waals surface area contributed by atoms with Gasteiger partial charge in [0.1, 0.15) is 0 Å². The summed E-state index contributed by atoms with van der Waals surface area (Å²) in [6.07, 6.45) is 5.78. The van der Waals surface area contributed by atoms with Crippen LogP contribution in [-0.4, -0.2) is 75.1 Å². The summed E-state index contributed by atoms with van der Waals surface area (Å²) in [5.74, 6) is 0.846. The molecule has 2 rings (SSSR count). The average Bonchev–Trinajstić information content (AvgIpc) is 3.01. The van der Waals surface area contributed by atoms with Crippen molar-refractivity contribution in [2.24, 2.45) is 10.4 Å². The van der Waals surface area contributed by atoms with Crippen LogP contribution in [0.15, 0.2) is 4.99 Å². The smallest absolute Gasteiger partial charge is 0.191 e. The molecule has 0 amide bonds. The number of aliphatic imine (C=N–C) groups is 1. The molecule has 6 heteroatoms. The van der Waals surface area contributed by atoms with E-state index in [1.807, 2.05) is 7.05 Å². The lowest BCUT2D eigenvalue weighted by Gasteiger charge is -2.33. The van der Waals surface area contributed by atoms with Gasteiger partial charge in [-0.3, -0.25) is 9.89 Å². The van der Waals surface area contributed by atoms with Gasteiger partial charge in [0.2, 0.25) is 0 Å². The van der Waals surface area contributed by atoms with E-state index >= 15 is 0 Å². The zero-order chi connectivity index (χ0) is 16.5. The van der Waals surface area contributed by atoms with E-state index in [4.69, 9.17) is 4.74 Å². The monoisotopic (exact) mass is 326 g/mol. The molecule has 0 aliphatic carbocycles. The first-order valence-corrected chi connectivity index (χ1v) is 9.06. The van der Waals surface area contributed by atoms with Crippen LogP contribution in [0.4, 0.5) is 0 Å². The molecule has 2 saturated heterocycles. The van der Waals surface area contributed by atoms with E-state index in [1.165, 1.54) is 25.8 Å². The summed E-state index contributed by atoms with van der Waals surface area (Å²) in [7, 11) is 1.81. The number of nitrogens with zero attached hydrogens (tertiary/aromatic N) is 2. The van der Waals surface area contributed by atoms with Gasteiger partial charge >= 0.3 is 0 Å². The minimum Gasteiger partial charge on any atom is -0.396 e. The molecule has 2 aliphatic rings.